The van der Waals surface area contributed by atoms with Crippen LogP contribution < -0.4 is 4.90 Å². The fourth-order valence-corrected chi connectivity index (χ4v) is 3.20. The highest BCUT2D eigenvalue weighted by molar-refractivity contribution is 7.80. The topological polar surface area (TPSA) is 23.6 Å². The zero-order valence-corrected chi connectivity index (χ0v) is 13.8. The summed E-state index contributed by atoms with van der Waals surface area (Å²) in [5.41, 5.74) is 1.47. The van der Waals surface area contributed by atoms with Crippen LogP contribution in [-0.2, 0) is 0 Å². The van der Waals surface area contributed by atoms with Gasteiger partial charge in [0, 0.05) is 18.7 Å². The zero-order chi connectivity index (χ0) is 16.1. The molecular weight excluding hydrogens is 304 g/mol. The van der Waals surface area contributed by atoms with Crippen LogP contribution in [0.5, 0.6) is 0 Å². The maximum absolute atomic E-state index is 13.0. The van der Waals surface area contributed by atoms with Crippen LogP contribution in [0.3, 0.4) is 0 Å². The Kier molecular flexibility index (Phi) is 5.03. The molecule has 1 aliphatic rings. The van der Waals surface area contributed by atoms with Gasteiger partial charge in [-0.25, -0.2) is 0 Å². The number of piperidine rings is 1. The number of anilines is 1. The summed E-state index contributed by atoms with van der Waals surface area (Å²) in [6.07, 6.45) is 3.49. The van der Waals surface area contributed by atoms with Crippen molar-refractivity contribution in [2.45, 2.75) is 19.3 Å². The van der Waals surface area contributed by atoms with Gasteiger partial charge in [0.15, 0.2) is 5.11 Å². The highest BCUT2D eigenvalue weighted by atomic mass is 32.1. The number of hydrogen-bond acceptors (Lipinski definition) is 2. The van der Waals surface area contributed by atoms with Gasteiger partial charge in [-0.2, -0.15) is 0 Å². The van der Waals surface area contributed by atoms with E-state index in [-0.39, 0.29) is 5.91 Å². The molecule has 0 atom stereocenters. The molecule has 1 heterocycles. The van der Waals surface area contributed by atoms with Crippen LogP contribution in [0.1, 0.15) is 29.6 Å². The van der Waals surface area contributed by atoms with Crippen molar-refractivity contribution in [2.75, 3.05) is 18.0 Å². The predicted octanol–water partition coefficient (Wildman–Crippen LogP) is 4.10. The monoisotopic (exact) mass is 324 g/mol. The van der Waals surface area contributed by atoms with Crippen LogP contribution in [-0.4, -0.2) is 29.0 Å². The number of carbonyl (C=O) groups excluding carboxylic acids is 1. The Labute approximate surface area is 142 Å². The van der Waals surface area contributed by atoms with Crippen molar-refractivity contribution in [3.63, 3.8) is 0 Å². The average Bonchev–Trinajstić information content (AvgIpc) is 2.64. The van der Waals surface area contributed by atoms with Gasteiger partial charge in [-0.1, -0.05) is 36.4 Å². The normalized spacial score (nSPS) is 14.3. The highest BCUT2D eigenvalue weighted by Crippen LogP contribution is 2.21. The third-order valence-corrected chi connectivity index (χ3v) is 4.50. The van der Waals surface area contributed by atoms with Crippen LogP contribution in [0.2, 0.25) is 0 Å². The number of rotatable bonds is 2. The summed E-state index contributed by atoms with van der Waals surface area (Å²) in [6, 6.07) is 19.0. The van der Waals surface area contributed by atoms with Crippen molar-refractivity contribution in [3.8, 4) is 0 Å². The second-order valence-electron chi connectivity index (χ2n) is 5.67. The Bertz CT molecular complexity index is 666. The van der Waals surface area contributed by atoms with Crippen molar-refractivity contribution in [1.82, 2.24) is 4.90 Å². The van der Waals surface area contributed by atoms with Gasteiger partial charge in [-0.3, -0.25) is 9.69 Å². The van der Waals surface area contributed by atoms with E-state index in [0.29, 0.717) is 10.7 Å². The van der Waals surface area contributed by atoms with Crippen molar-refractivity contribution < 1.29 is 4.79 Å². The third-order valence-electron chi connectivity index (χ3n) is 4.06. The molecule has 2 aromatic rings. The van der Waals surface area contributed by atoms with Gasteiger partial charge in [0.25, 0.3) is 5.91 Å². The molecule has 23 heavy (non-hydrogen) atoms. The zero-order valence-electron chi connectivity index (χ0n) is 13.0. The molecule has 3 rings (SSSR count). The number of benzene rings is 2. The molecule has 2 aromatic carbocycles. The van der Waals surface area contributed by atoms with E-state index in [4.69, 9.17) is 12.2 Å². The molecule has 1 amide bonds. The van der Waals surface area contributed by atoms with Gasteiger partial charge in [-0.15, -0.1) is 0 Å². The molecule has 0 bridgehead atoms. The van der Waals surface area contributed by atoms with Crippen LogP contribution >= 0.6 is 12.2 Å². The minimum Gasteiger partial charge on any atom is -0.348 e. The van der Waals surface area contributed by atoms with E-state index in [0.717, 1.165) is 31.6 Å². The van der Waals surface area contributed by atoms with E-state index in [1.165, 1.54) is 6.42 Å². The Balaban J connectivity index is 1.94. The minimum absolute atomic E-state index is 0.0765. The lowest BCUT2D eigenvalue weighted by Crippen LogP contribution is -2.48. The van der Waals surface area contributed by atoms with E-state index in [1.807, 2.05) is 60.7 Å². The lowest BCUT2D eigenvalue weighted by Gasteiger charge is -2.34. The average molecular weight is 324 g/mol. The smallest absolute Gasteiger partial charge is 0.264 e. The van der Waals surface area contributed by atoms with E-state index < -0.39 is 0 Å². The number of thiocarbonyl (C=S) groups is 1. The largest absolute Gasteiger partial charge is 0.348 e. The van der Waals surface area contributed by atoms with Crippen LogP contribution in [0.25, 0.3) is 0 Å². The van der Waals surface area contributed by atoms with Crippen LogP contribution in [0.15, 0.2) is 60.7 Å². The fourth-order valence-electron chi connectivity index (χ4n) is 2.83. The second kappa shape index (κ2) is 7.38. The lowest BCUT2D eigenvalue weighted by molar-refractivity contribution is 0.0999. The van der Waals surface area contributed by atoms with Gasteiger partial charge in [-0.05, 0) is 55.7 Å². The second-order valence-corrected chi connectivity index (χ2v) is 6.04. The van der Waals surface area contributed by atoms with Crippen molar-refractivity contribution >= 4 is 28.9 Å². The Morgan fingerprint density at radius 1 is 0.870 bits per heavy atom. The summed E-state index contributed by atoms with van der Waals surface area (Å²) in [5, 5.41) is 0.602. The first kappa shape index (κ1) is 15.7. The quantitative estimate of drug-likeness (QED) is 0.777. The number of amides is 1. The summed E-state index contributed by atoms with van der Waals surface area (Å²) >= 11 is 5.68. The molecule has 4 heteroatoms. The maximum atomic E-state index is 13.0. The molecule has 118 valence electrons. The Morgan fingerprint density at radius 3 is 2.04 bits per heavy atom. The summed E-state index contributed by atoms with van der Waals surface area (Å²) in [6.45, 7) is 1.84. The van der Waals surface area contributed by atoms with Crippen molar-refractivity contribution in [2.24, 2.45) is 0 Å². The molecule has 0 saturated carbocycles. The van der Waals surface area contributed by atoms with Crippen LogP contribution in [0.4, 0.5) is 5.69 Å². The molecular formula is C19H20N2OS. The van der Waals surface area contributed by atoms with Crippen molar-refractivity contribution in [3.05, 3.63) is 66.2 Å². The van der Waals surface area contributed by atoms with E-state index in [2.05, 4.69) is 4.90 Å². The molecule has 0 radical (unpaired) electrons. The number of para-hydroxylation sites is 1. The first-order chi connectivity index (χ1) is 11.3. The molecule has 0 spiro atoms. The van der Waals surface area contributed by atoms with Crippen molar-refractivity contribution in [1.29, 1.82) is 0 Å². The minimum atomic E-state index is -0.0765. The first-order valence-electron chi connectivity index (χ1n) is 8.01. The van der Waals surface area contributed by atoms with Gasteiger partial charge in [0.2, 0.25) is 0 Å². The number of hydrogen-bond donors (Lipinski definition) is 0. The van der Waals surface area contributed by atoms with Gasteiger partial charge >= 0.3 is 0 Å². The van der Waals surface area contributed by atoms with E-state index in [1.54, 1.807) is 4.90 Å². The fraction of sp³-hybridized carbons (Fsp3) is 0.263. The summed E-state index contributed by atoms with van der Waals surface area (Å²) in [7, 11) is 0. The Hall–Kier alpha value is -2.20. The van der Waals surface area contributed by atoms with Gasteiger partial charge < -0.3 is 4.90 Å². The molecule has 3 nitrogen and oxygen atoms in total. The first-order valence-corrected chi connectivity index (χ1v) is 8.41. The van der Waals surface area contributed by atoms with Crippen LogP contribution in [0, 0.1) is 0 Å². The molecule has 0 aromatic heterocycles. The maximum Gasteiger partial charge on any atom is 0.264 e. The molecule has 1 fully saturated rings. The molecule has 1 saturated heterocycles. The molecule has 0 N–H and O–H groups in total. The van der Waals surface area contributed by atoms with E-state index >= 15 is 0 Å². The summed E-state index contributed by atoms with van der Waals surface area (Å²) < 4.78 is 0. The van der Waals surface area contributed by atoms with Gasteiger partial charge in [0.1, 0.15) is 0 Å². The number of nitrogens with zero attached hydrogens (tertiary/aromatic N) is 2. The molecule has 0 unspecified atom stereocenters. The predicted molar refractivity (Wildman–Crippen MR) is 97.7 cm³/mol. The summed E-state index contributed by atoms with van der Waals surface area (Å²) in [4.78, 5) is 16.8. The summed E-state index contributed by atoms with van der Waals surface area (Å²) in [5.74, 6) is -0.0765. The molecule has 1 aliphatic heterocycles. The van der Waals surface area contributed by atoms with E-state index in [9.17, 15) is 4.79 Å². The standard InChI is InChI=1S/C19H20N2OS/c22-18(16-10-4-1-5-11-16)21(17-12-6-2-7-13-17)19(23)20-14-8-3-9-15-20/h1-2,4-7,10-13H,3,8-9,14-15H2. The highest BCUT2D eigenvalue weighted by Gasteiger charge is 2.26. The van der Waals surface area contributed by atoms with Gasteiger partial charge in [0.05, 0.1) is 5.69 Å². The number of likely N-dealkylation sites (tertiary alicyclic amines) is 1. The molecule has 0 aliphatic carbocycles. The SMILES string of the molecule is O=C(c1ccccc1)N(C(=S)N1CCCCC1)c1ccccc1. The lowest BCUT2D eigenvalue weighted by atomic mass is 10.1. The third kappa shape index (κ3) is 3.59. The number of carbonyl (C=O) groups is 1. The Morgan fingerprint density at radius 2 is 1.43 bits per heavy atom.